The molecule has 0 aromatic carbocycles. The molecule has 0 atom stereocenters. The van der Waals surface area contributed by atoms with E-state index in [1.807, 2.05) is 28.8 Å². The van der Waals surface area contributed by atoms with Gasteiger partial charge in [-0.25, -0.2) is 4.68 Å². The third-order valence-corrected chi connectivity index (χ3v) is 3.62. The average Bonchev–Trinajstić information content (AvgIpc) is 2.99. The Morgan fingerprint density at radius 2 is 2.11 bits per heavy atom. The molecule has 0 bridgehead atoms. The molecule has 2 aromatic rings. The molecule has 0 unspecified atom stereocenters. The fourth-order valence-corrected chi connectivity index (χ4v) is 2.53. The molecule has 19 heavy (non-hydrogen) atoms. The van der Waals surface area contributed by atoms with Crippen LogP contribution >= 0.6 is 0 Å². The van der Waals surface area contributed by atoms with Crippen molar-refractivity contribution >= 4 is 0 Å². The Balaban J connectivity index is 1.72. The molecule has 0 radical (unpaired) electrons. The van der Waals surface area contributed by atoms with Crippen molar-refractivity contribution < 1.29 is 4.74 Å². The molecular formula is C13H19N5O. The van der Waals surface area contributed by atoms with Gasteiger partial charge in [-0.2, -0.15) is 5.10 Å². The van der Waals surface area contributed by atoms with Gasteiger partial charge in [-0.1, -0.05) is 5.21 Å². The fraction of sp³-hybridized carbons (Fsp3) is 0.615. The molecule has 1 aliphatic rings. The minimum atomic E-state index is 0.493. The van der Waals surface area contributed by atoms with Crippen LogP contribution in [0.25, 0.3) is 0 Å². The van der Waals surface area contributed by atoms with Crippen molar-refractivity contribution in [1.82, 2.24) is 24.8 Å². The second-order valence-electron chi connectivity index (χ2n) is 5.16. The van der Waals surface area contributed by atoms with Gasteiger partial charge in [0.1, 0.15) is 0 Å². The molecule has 0 aliphatic carbocycles. The van der Waals surface area contributed by atoms with Crippen molar-refractivity contribution in [3.8, 4) is 0 Å². The van der Waals surface area contributed by atoms with Crippen molar-refractivity contribution in [1.29, 1.82) is 0 Å². The molecule has 1 aliphatic heterocycles. The van der Waals surface area contributed by atoms with Crippen LogP contribution in [-0.4, -0.2) is 38.0 Å². The molecule has 3 rings (SSSR count). The number of hydrogen-bond acceptors (Lipinski definition) is 4. The second kappa shape index (κ2) is 5.13. The molecule has 0 amide bonds. The molecule has 0 saturated carbocycles. The molecule has 1 fully saturated rings. The Morgan fingerprint density at radius 1 is 1.32 bits per heavy atom. The van der Waals surface area contributed by atoms with E-state index in [-0.39, 0.29) is 0 Å². The first-order valence-electron chi connectivity index (χ1n) is 6.69. The minimum absolute atomic E-state index is 0.493. The van der Waals surface area contributed by atoms with Crippen LogP contribution in [0.15, 0.2) is 12.4 Å². The van der Waals surface area contributed by atoms with E-state index in [2.05, 4.69) is 22.3 Å². The van der Waals surface area contributed by atoms with Crippen molar-refractivity contribution in [2.75, 3.05) is 13.2 Å². The Morgan fingerprint density at radius 3 is 2.79 bits per heavy atom. The number of hydrogen-bond donors (Lipinski definition) is 0. The van der Waals surface area contributed by atoms with Crippen LogP contribution in [0.5, 0.6) is 0 Å². The Bertz CT molecular complexity index is 553. The molecule has 0 N–H and O–H groups in total. The van der Waals surface area contributed by atoms with Gasteiger partial charge in [0, 0.05) is 38.6 Å². The topological polar surface area (TPSA) is 57.8 Å². The van der Waals surface area contributed by atoms with E-state index < -0.39 is 0 Å². The summed E-state index contributed by atoms with van der Waals surface area (Å²) < 4.78 is 9.08. The average molecular weight is 261 g/mol. The first kappa shape index (κ1) is 12.3. The lowest BCUT2D eigenvalue weighted by atomic mass is 9.97. The molecular weight excluding hydrogens is 242 g/mol. The van der Waals surface area contributed by atoms with Crippen molar-refractivity contribution in [2.45, 2.75) is 32.2 Å². The Labute approximate surface area is 112 Å². The molecule has 2 aromatic heterocycles. The lowest BCUT2D eigenvalue weighted by Gasteiger charge is -2.19. The fourth-order valence-electron chi connectivity index (χ4n) is 2.53. The summed E-state index contributed by atoms with van der Waals surface area (Å²) in [6.45, 7) is 4.41. The van der Waals surface area contributed by atoms with E-state index in [9.17, 15) is 0 Å². The predicted molar refractivity (Wildman–Crippen MR) is 69.9 cm³/mol. The van der Waals surface area contributed by atoms with Crippen LogP contribution < -0.4 is 0 Å². The van der Waals surface area contributed by atoms with E-state index in [0.29, 0.717) is 12.5 Å². The summed E-state index contributed by atoms with van der Waals surface area (Å²) in [5.41, 5.74) is 3.31. The highest BCUT2D eigenvalue weighted by Crippen LogP contribution is 2.24. The van der Waals surface area contributed by atoms with Gasteiger partial charge in [0.05, 0.1) is 17.9 Å². The number of aryl methyl sites for hydroxylation is 2. The van der Waals surface area contributed by atoms with Gasteiger partial charge < -0.3 is 4.74 Å². The third-order valence-electron chi connectivity index (χ3n) is 3.62. The van der Waals surface area contributed by atoms with E-state index >= 15 is 0 Å². The van der Waals surface area contributed by atoms with Crippen molar-refractivity contribution in [3.05, 3.63) is 29.3 Å². The third kappa shape index (κ3) is 2.68. The maximum atomic E-state index is 5.37. The van der Waals surface area contributed by atoms with Crippen LogP contribution in [-0.2, 0) is 18.3 Å². The highest BCUT2D eigenvalue weighted by atomic mass is 16.5. The standard InChI is InChI=1S/C13H19N5O/c1-10-7-17(2)15-12(10)8-18-9-13(14-16-18)11-3-5-19-6-4-11/h7,9,11H,3-6,8H2,1-2H3. The summed E-state index contributed by atoms with van der Waals surface area (Å²) in [6.07, 6.45) is 6.15. The Kier molecular flexibility index (Phi) is 3.33. The number of nitrogens with zero attached hydrogens (tertiary/aromatic N) is 5. The highest BCUT2D eigenvalue weighted by molar-refractivity contribution is 5.15. The molecule has 6 heteroatoms. The summed E-state index contributed by atoms with van der Waals surface area (Å²) in [4.78, 5) is 0. The van der Waals surface area contributed by atoms with Crippen LogP contribution in [0, 0.1) is 6.92 Å². The smallest absolute Gasteiger partial charge is 0.0870 e. The summed E-state index contributed by atoms with van der Waals surface area (Å²) in [6, 6.07) is 0. The normalized spacial score (nSPS) is 16.9. The van der Waals surface area contributed by atoms with Gasteiger partial charge in [-0.15, -0.1) is 5.10 Å². The first-order valence-corrected chi connectivity index (χ1v) is 6.69. The van der Waals surface area contributed by atoms with Gasteiger partial charge in [0.15, 0.2) is 0 Å². The van der Waals surface area contributed by atoms with Gasteiger partial charge in [0.2, 0.25) is 0 Å². The molecule has 1 saturated heterocycles. The summed E-state index contributed by atoms with van der Waals surface area (Å²) in [5, 5.41) is 12.9. The zero-order valence-electron chi connectivity index (χ0n) is 11.4. The van der Waals surface area contributed by atoms with E-state index in [1.54, 1.807) is 0 Å². The maximum Gasteiger partial charge on any atom is 0.0870 e. The second-order valence-corrected chi connectivity index (χ2v) is 5.16. The SMILES string of the molecule is Cc1cn(C)nc1Cn1cc(C2CCOCC2)nn1. The van der Waals surface area contributed by atoms with E-state index in [4.69, 9.17) is 4.74 Å². The number of aromatic nitrogens is 5. The quantitative estimate of drug-likeness (QED) is 0.834. The molecule has 6 nitrogen and oxygen atoms in total. The van der Waals surface area contributed by atoms with Gasteiger partial charge in [-0.05, 0) is 25.3 Å². The number of rotatable bonds is 3. The molecule has 3 heterocycles. The molecule has 0 spiro atoms. The lowest BCUT2D eigenvalue weighted by Crippen LogP contribution is -2.14. The number of ether oxygens (including phenoxy) is 1. The predicted octanol–water partition coefficient (Wildman–Crippen LogP) is 1.26. The first-order chi connectivity index (χ1) is 9.22. The van der Waals surface area contributed by atoms with Crippen LogP contribution in [0.4, 0.5) is 0 Å². The van der Waals surface area contributed by atoms with Crippen LogP contribution in [0.1, 0.15) is 35.7 Å². The zero-order valence-corrected chi connectivity index (χ0v) is 11.4. The zero-order chi connectivity index (χ0) is 13.2. The maximum absolute atomic E-state index is 5.37. The highest BCUT2D eigenvalue weighted by Gasteiger charge is 2.19. The largest absolute Gasteiger partial charge is 0.381 e. The van der Waals surface area contributed by atoms with E-state index in [0.717, 1.165) is 37.4 Å². The van der Waals surface area contributed by atoms with Crippen molar-refractivity contribution in [3.63, 3.8) is 0 Å². The summed E-state index contributed by atoms with van der Waals surface area (Å²) in [5.74, 6) is 0.493. The molecule has 102 valence electrons. The Hall–Kier alpha value is -1.69. The monoisotopic (exact) mass is 261 g/mol. The van der Waals surface area contributed by atoms with Crippen LogP contribution in [0.3, 0.4) is 0 Å². The van der Waals surface area contributed by atoms with Crippen molar-refractivity contribution in [2.24, 2.45) is 7.05 Å². The van der Waals surface area contributed by atoms with Crippen LogP contribution in [0.2, 0.25) is 0 Å². The van der Waals surface area contributed by atoms with Gasteiger partial charge >= 0.3 is 0 Å². The summed E-state index contributed by atoms with van der Waals surface area (Å²) >= 11 is 0. The lowest BCUT2D eigenvalue weighted by molar-refractivity contribution is 0.0845. The minimum Gasteiger partial charge on any atom is -0.381 e. The van der Waals surface area contributed by atoms with E-state index in [1.165, 1.54) is 5.56 Å². The summed E-state index contributed by atoms with van der Waals surface area (Å²) in [7, 11) is 1.94. The van der Waals surface area contributed by atoms with Gasteiger partial charge in [-0.3, -0.25) is 4.68 Å². The van der Waals surface area contributed by atoms with Gasteiger partial charge in [0.25, 0.3) is 0 Å².